The Balaban J connectivity index is 1.74. The average molecular weight is 449 g/mol. The molecule has 1 atom stereocenters. The highest BCUT2D eigenvalue weighted by molar-refractivity contribution is 6.35. The molecular formula is C20H22Cl2N6O2. The van der Waals surface area contributed by atoms with Gasteiger partial charge in [0.15, 0.2) is 0 Å². The number of ether oxygens (including phenoxy) is 2. The number of nitrogens with zero attached hydrogens (tertiary/aromatic N) is 4. The van der Waals surface area contributed by atoms with E-state index in [4.69, 9.17) is 38.4 Å². The predicted octanol–water partition coefficient (Wildman–Crippen LogP) is 3.22. The third-order valence-electron chi connectivity index (χ3n) is 4.71. The third-order valence-corrected chi connectivity index (χ3v) is 5.15. The van der Waals surface area contributed by atoms with Gasteiger partial charge < -0.3 is 25.4 Å². The Kier molecular flexibility index (Phi) is 6.17. The number of nitrogens with one attached hydrogen (secondary N) is 1. The number of halogens is 2. The lowest BCUT2D eigenvalue weighted by Gasteiger charge is -2.41. The maximum absolute atomic E-state index is 6.18. The number of rotatable bonds is 4. The molecule has 0 bridgehead atoms. The molecule has 1 fully saturated rings. The number of anilines is 2. The van der Waals surface area contributed by atoms with Crippen molar-refractivity contribution in [3.05, 3.63) is 52.5 Å². The standard InChI is InChI=1S/C20H22Cl2N6O2/c1-29-17-4-2-3-16(12-17)28-19(24-15-10-13(21)9-14(22)11-15)25-18(23)26-20(28)27-5-7-30-8-6-27/h2-4,9-12,19,24H,5-8H2,1H3,(H2,23,25). The number of guanidine groups is 2. The molecule has 2 aliphatic heterocycles. The molecule has 0 aromatic heterocycles. The van der Waals surface area contributed by atoms with Crippen molar-refractivity contribution in [1.82, 2.24) is 4.90 Å². The summed E-state index contributed by atoms with van der Waals surface area (Å²) in [5.41, 5.74) is 7.65. The van der Waals surface area contributed by atoms with E-state index < -0.39 is 6.29 Å². The lowest BCUT2D eigenvalue weighted by molar-refractivity contribution is 0.0671. The van der Waals surface area contributed by atoms with Gasteiger partial charge in [-0.2, -0.15) is 4.99 Å². The minimum absolute atomic E-state index is 0.182. The molecule has 0 radical (unpaired) electrons. The van der Waals surface area contributed by atoms with Crippen LogP contribution >= 0.6 is 23.2 Å². The van der Waals surface area contributed by atoms with Crippen LogP contribution in [0.5, 0.6) is 5.75 Å². The quantitative estimate of drug-likeness (QED) is 0.746. The molecule has 4 rings (SSSR count). The SMILES string of the molecule is COc1cccc(N2C(N3CCOCC3)=NC(N)=NC2Nc2cc(Cl)cc(Cl)c2)c1. The average Bonchev–Trinajstić information content (AvgIpc) is 2.73. The second kappa shape index (κ2) is 8.99. The van der Waals surface area contributed by atoms with Gasteiger partial charge in [0, 0.05) is 34.9 Å². The van der Waals surface area contributed by atoms with Crippen molar-refractivity contribution < 1.29 is 9.47 Å². The first-order chi connectivity index (χ1) is 14.5. The molecule has 1 unspecified atom stereocenters. The van der Waals surface area contributed by atoms with Crippen molar-refractivity contribution in [2.24, 2.45) is 15.7 Å². The minimum Gasteiger partial charge on any atom is -0.497 e. The van der Waals surface area contributed by atoms with Gasteiger partial charge in [-0.25, -0.2) is 4.99 Å². The van der Waals surface area contributed by atoms with E-state index in [9.17, 15) is 0 Å². The molecule has 2 aromatic rings. The topological polar surface area (TPSA) is 87.7 Å². The summed E-state index contributed by atoms with van der Waals surface area (Å²) in [5.74, 6) is 1.59. The van der Waals surface area contributed by atoms with Crippen molar-refractivity contribution in [2.45, 2.75) is 6.29 Å². The zero-order valence-corrected chi connectivity index (χ0v) is 17.9. The lowest BCUT2D eigenvalue weighted by Crippen LogP contribution is -2.57. The fraction of sp³-hybridized carbons (Fsp3) is 0.300. The van der Waals surface area contributed by atoms with Crippen molar-refractivity contribution in [1.29, 1.82) is 0 Å². The Labute approximate surface area is 184 Å². The largest absolute Gasteiger partial charge is 0.497 e. The van der Waals surface area contributed by atoms with Crippen LogP contribution in [-0.2, 0) is 4.74 Å². The van der Waals surface area contributed by atoms with Gasteiger partial charge in [-0.05, 0) is 30.3 Å². The molecule has 30 heavy (non-hydrogen) atoms. The first-order valence-corrected chi connectivity index (χ1v) is 10.2. The van der Waals surface area contributed by atoms with Gasteiger partial charge in [0.1, 0.15) is 5.75 Å². The van der Waals surface area contributed by atoms with Crippen LogP contribution in [0.4, 0.5) is 11.4 Å². The normalized spacial score (nSPS) is 19.2. The van der Waals surface area contributed by atoms with Gasteiger partial charge >= 0.3 is 0 Å². The van der Waals surface area contributed by atoms with Gasteiger partial charge in [0.2, 0.25) is 18.2 Å². The molecule has 2 aliphatic rings. The molecular weight excluding hydrogens is 427 g/mol. The summed E-state index contributed by atoms with van der Waals surface area (Å²) in [5, 5.41) is 4.40. The number of hydrogen-bond donors (Lipinski definition) is 2. The van der Waals surface area contributed by atoms with Crippen LogP contribution < -0.4 is 20.7 Å². The fourth-order valence-electron chi connectivity index (χ4n) is 3.36. The summed E-state index contributed by atoms with van der Waals surface area (Å²) in [7, 11) is 1.63. The van der Waals surface area contributed by atoms with Crippen molar-refractivity contribution in [3.63, 3.8) is 0 Å². The monoisotopic (exact) mass is 448 g/mol. The lowest BCUT2D eigenvalue weighted by atomic mass is 10.2. The Bertz CT molecular complexity index is 957. The Morgan fingerprint density at radius 2 is 1.87 bits per heavy atom. The Hall–Kier alpha value is -2.68. The van der Waals surface area contributed by atoms with Crippen LogP contribution in [-0.4, -0.2) is 56.5 Å². The maximum atomic E-state index is 6.18. The maximum Gasteiger partial charge on any atom is 0.222 e. The van der Waals surface area contributed by atoms with Crippen LogP contribution in [0.1, 0.15) is 0 Å². The summed E-state index contributed by atoms with van der Waals surface area (Å²) in [6.45, 7) is 2.62. The highest BCUT2D eigenvalue weighted by atomic mass is 35.5. The third kappa shape index (κ3) is 4.56. The van der Waals surface area contributed by atoms with Gasteiger partial charge in [0.05, 0.1) is 26.0 Å². The van der Waals surface area contributed by atoms with E-state index in [2.05, 4.69) is 20.2 Å². The van der Waals surface area contributed by atoms with E-state index in [0.29, 0.717) is 48.0 Å². The zero-order valence-electron chi connectivity index (χ0n) is 16.4. The van der Waals surface area contributed by atoms with Crippen LogP contribution in [0.2, 0.25) is 10.0 Å². The minimum atomic E-state index is -0.568. The molecule has 1 saturated heterocycles. The molecule has 10 heteroatoms. The summed E-state index contributed by atoms with van der Waals surface area (Å²) < 4.78 is 10.9. The van der Waals surface area contributed by atoms with Gasteiger partial charge in [-0.1, -0.05) is 29.3 Å². The number of methoxy groups -OCH3 is 1. The predicted molar refractivity (Wildman–Crippen MR) is 121 cm³/mol. The smallest absolute Gasteiger partial charge is 0.222 e. The van der Waals surface area contributed by atoms with E-state index in [0.717, 1.165) is 11.4 Å². The van der Waals surface area contributed by atoms with Crippen LogP contribution in [0.3, 0.4) is 0 Å². The van der Waals surface area contributed by atoms with Crippen molar-refractivity contribution in [3.8, 4) is 5.75 Å². The van der Waals surface area contributed by atoms with Crippen LogP contribution in [0.25, 0.3) is 0 Å². The van der Waals surface area contributed by atoms with E-state index in [1.165, 1.54) is 0 Å². The summed E-state index contributed by atoms with van der Waals surface area (Å²) in [6, 6.07) is 12.9. The molecule has 0 amide bonds. The fourth-order valence-corrected chi connectivity index (χ4v) is 3.89. The number of aliphatic imine (C=N–C) groups is 2. The number of benzene rings is 2. The van der Waals surface area contributed by atoms with Crippen molar-refractivity contribution in [2.75, 3.05) is 43.6 Å². The number of morpholine rings is 1. The molecule has 0 spiro atoms. The van der Waals surface area contributed by atoms with Crippen molar-refractivity contribution >= 4 is 46.5 Å². The first-order valence-electron chi connectivity index (χ1n) is 9.44. The molecule has 3 N–H and O–H groups in total. The number of hydrogen-bond acceptors (Lipinski definition) is 8. The molecule has 2 aromatic carbocycles. The van der Waals surface area contributed by atoms with E-state index in [-0.39, 0.29) is 5.96 Å². The summed E-state index contributed by atoms with van der Waals surface area (Å²) in [6.07, 6.45) is -0.568. The van der Waals surface area contributed by atoms with Crippen LogP contribution in [0, 0.1) is 0 Å². The van der Waals surface area contributed by atoms with Gasteiger partial charge in [-0.3, -0.25) is 4.90 Å². The summed E-state index contributed by atoms with van der Waals surface area (Å²) >= 11 is 12.4. The molecule has 158 valence electrons. The first kappa shape index (κ1) is 20.6. The van der Waals surface area contributed by atoms with E-state index in [1.54, 1.807) is 25.3 Å². The van der Waals surface area contributed by atoms with Crippen LogP contribution in [0.15, 0.2) is 52.4 Å². The highest BCUT2D eigenvalue weighted by Gasteiger charge is 2.32. The molecule has 0 saturated carbocycles. The highest BCUT2D eigenvalue weighted by Crippen LogP contribution is 2.29. The second-order valence-electron chi connectivity index (χ2n) is 6.75. The second-order valence-corrected chi connectivity index (χ2v) is 7.62. The molecule has 2 heterocycles. The molecule has 8 nitrogen and oxygen atoms in total. The Morgan fingerprint density at radius 3 is 2.57 bits per heavy atom. The number of nitrogens with two attached hydrogens (primary N) is 1. The Morgan fingerprint density at radius 1 is 1.13 bits per heavy atom. The summed E-state index contributed by atoms with van der Waals surface area (Å²) in [4.78, 5) is 13.2. The van der Waals surface area contributed by atoms with Gasteiger partial charge in [-0.15, -0.1) is 0 Å². The van der Waals surface area contributed by atoms with E-state index >= 15 is 0 Å². The zero-order chi connectivity index (χ0) is 21.1. The van der Waals surface area contributed by atoms with Gasteiger partial charge in [0.25, 0.3) is 0 Å². The van der Waals surface area contributed by atoms with E-state index in [1.807, 2.05) is 29.2 Å². The molecule has 0 aliphatic carbocycles.